The topological polar surface area (TPSA) is 52.7 Å². The summed E-state index contributed by atoms with van der Waals surface area (Å²) >= 11 is 0.00243. The van der Waals surface area contributed by atoms with E-state index in [4.69, 9.17) is 0 Å². The Kier molecular flexibility index (Phi) is 2.84. The van der Waals surface area contributed by atoms with Gasteiger partial charge < -0.3 is 0 Å². The van der Waals surface area contributed by atoms with Crippen molar-refractivity contribution in [2.75, 3.05) is 0 Å². The van der Waals surface area contributed by atoms with E-state index in [0.717, 1.165) is 21.0 Å². The molecular formula is C15H10N4OSe. The molecule has 4 aromatic rings. The fourth-order valence-electron chi connectivity index (χ4n) is 2.22. The Morgan fingerprint density at radius 1 is 0.952 bits per heavy atom. The van der Waals surface area contributed by atoms with Crippen molar-refractivity contribution in [2.45, 2.75) is 0 Å². The zero-order valence-electron chi connectivity index (χ0n) is 10.9. The van der Waals surface area contributed by atoms with Crippen molar-refractivity contribution in [3.8, 4) is 11.4 Å². The van der Waals surface area contributed by atoms with Crippen molar-refractivity contribution >= 4 is 24.4 Å². The predicted molar refractivity (Wildman–Crippen MR) is 81.4 cm³/mol. The van der Waals surface area contributed by atoms with Gasteiger partial charge in [-0.15, -0.1) is 0 Å². The van der Waals surface area contributed by atoms with Gasteiger partial charge in [0, 0.05) is 0 Å². The van der Waals surface area contributed by atoms with Crippen molar-refractivity contribution in [1.29, 1.82) is 0 Å². The van der Waals surface area contributed by atoms with Crippen LogP contribution < -0.4 is 5.56 Å². The molecule has 0 aliphatic rings. The molecule has 0 spiro atoms. The van der Waals surface area contributed by atoms with Gasteiger partial charge in [-0.3, -0.25) is 0 Å². The molecule has 6 heteroatoms. The molecule has 0 amide bonds. The first kappa shape index (κ1) is 12.3. The molecule has 0 atom stereocenters. The first-order valence-corrected chi connectivity index (χ1v) is 8.02. The Balaban J connectivity index is 1.82. The summed E-state index contributed by atoms with van der Waals surface area (Å²) in [5.41, 5.74) is 1.92. The molecule has 0 aliphatic heterocycles. The number of benzene rings is 2. The first-order valence-electron chi connectivity index (χ1n) is 6.39. The van der Waals surface area contributed by atoms with E-state index < -0.39 is 0 Å². The van der Waals surface area contributed by atoms with E-state index in [1.54, 1.807) is 11.0 Å². The van der Waals surface area contributed by atoms with Crippen LogP contribution in [-0.2, 0) is 0 Å². The molecular weight excluding hydrogens is 331 g/mol. The number of hydrogen-bond donors (Lipinski definition) is 0. The van der Waals surface area contributed by atoms with Crippen molar-refractivity contribution < 1.29 is 0 Å². The van der Waals surface area contributed by atoms with Gasteiger partial charge in [0.15, 0.2) is 0 Å². The second-order valence-corrected chi connectivity index (χ2v) is 6.62. The van der Waals surface area contributed by atoms with E-state index in [1.165, 1.54) is 6.33 Å². The van der Waals surface area contributed by atoms with Gasteiger partial charge in [0.05, 0.1) is 0 Å². The van der Waals surface area contributed by atoms with Crippen molar-refractivity contribution in [3.63, 3.8) is 0 Å². The van der Waals surface area contributed by atoms with Crippen LogP contribution in [0.4, 0.5) is 0 Å². The molecule has 2 aromatic heterocycles. The van der Waals surface area contributed by atoms with E-state index in [0.29, 0.717) is 0 Å². The van der Waals surface area contributed by atoms with Crippen LogP contribution >= 0.6 is 0 Å². The Labute approximate surface area is 126 Å². The number of hydrogen-bond acceptors (Lipinski definition) is 3. The molecule has 0 saturated carbocycles. The van der Waals surface area contributed by atoms with Crippen LogP contribution in [-0.4, -0.2) is 33.1 Å². The van der Waals surface area contributed by atoms with Crippen molar-refractivity contribution in [2.24, 2.45) is 0 Å². The summed E-state index contributed by atoms with van der Waals surface area (Å²) in [4.78, 5) is 16.4. The molecule has 0 fully saturated rings. The van der Waals surface area contributed by atoms with Gasteiger partial charge in [0.25, 0.3) is 0 Å². The zero-order valence-corrected chi connectivity index (χ0v) is 12.6. The molecule has 21 heavy (non-hydrogen) atoms. The molecule has 0 bridgehead atoms. The maximum atomic E-state index is 12.4. The van der Waals surface area contributed by atoms with E-state index in [-0.39, 0.29) is 20.3 Å². The molecule has 0 radical (unpaired) electrons. The van der Waals surface area contributed by atoms with Gasteiger partial charge in [-0.05, 0) is 0 Å². The van der Waals surface area contributed by atoms with Crippen molar-refractivity contribution in [3.05, 3.63) is 71.5 Å². The van der Waals surface area contributed by atoms with Gasteiger partial charge >= 0.3 is 126 Å². The molecule has 102 valence electrons. The van der Waals surface area contributed by atoms with Gasteiger partial charge in [0.2, 0.25) is 0 Å². The van der Waals surface area contributed by atoms with Crippen LogP contribution in [0.25, 0.3) is 21.0 Å². The standard InChI is InChI=1S/C15H10N4OSe/c20-15-13-3-1-2-4-14(13)21-19(15)12-7-5-11(6-8-12)18-10-16-9-17-18/h1-10H. The third-order valence-corrected chi connectivity index (χ3v) is 5.59. The summed E-state index contributed by atoms with van der Waals surface area (Å²) in [6.45, 7) is 0. The molecule has 5 nitrogen and oxygen atoms in total. The third kappa shape index (κ3) is 2.05. The third-order valence-electron chi connectivity index (χ3n) is 3.26. The minimum absolute atomic E-state index is 0.00243. The number of rotatable bonds is 2. The SMILES string of the molecule is O=c1c2ccccc2[se]n1-c1ccc(-n2cncn2)cc1. The molecule has 0 saturated heterocycles. The summed E-state index contributed by atoms with van der Waals surface area (Å²) in [7, 11) is 0. The summed E-state index contributed by atoms with van der Waals surface area (Å²) in [5.74, 6) is 0. The Hall–Kier alpha value is -2.43. The molecule has 0 N–H and O–H groups in total. The van der Waals surface area contributed by atoms with Gasteiger partial charge in [-0.1, -0.05) is 0 Å². The molecule has 0 unspecified atom stereocenters. The van der Waals surface area contributed by atoms with E-state index in [2.05, 4.69) is 10.1 Å². The maximum absolute atomic E-state index is 12.4. The molecule has 2 aromatic carbocycles. The van der Waals surface area contributed by atoms with Crippen LogP contribution in [0.2, 0.25) is 0 Å². The van der Waals surface area contributed by atoms with Crippen molar-refractivity contribution in [1.82, 2.24) is 18.3 Å². The number of aromatic nitrogens is 4. The summed E-state index contributed by atoms with van der Waals surface area (Å²) in [6, 6.07) is 15.6. The Morgan fingerprint density at radius 2 is 1.71 bits per heavy atom. The molecule has 0 aliphatic carbocycles. The second-order valence-electron chi connectivity index (χ2n) is 4.54. The number of nitrogens with zero attached hydrogens (tertiary/aromatic N) is 4. The van der Waals surface area contributed by atoms with Crippen LogP contribution in [0.5, 0.6) is 0 Å². The van der Waals surface area contributed by atoms with Gasteiger partial charge in [-0.25, -0.2) is 0 Å². The number of fused-ring (bicyclic) bond motifs is 1. The Morgan fingerprint density at radius 3 is 2.43 bits per heavy atom. The molecule has 2 heterocycles. The Bertz CT molecular complexity index is 951. The average molecular weight is 341 g/mol. The van der Waals surface area contributed by atoms with Gasteiger partial charge in [0.1, 0.15) is 0 Å². The summed E-state index contributed by atoms with van der Waals surface area (Å²) in [6.07, 6.45) is 3.15. The van der Waals surface area contributed by atoms with Crippen LogP contribution in [0.1, 0.15) is 0 Å². The van der Waals surface area contributed by atoms with Crippen LogP contribution in [0, 0.1) is 0 Å². The summed E-state index contributed by atoms with van der Waals surface area (Å²) < 4.78 is 4.67. The fourth-order valence-corrected chi connectivity index (χ4v) is 4.32. The van der Waals surface area contributed by atoms with E-state index in [9.17, 15) is 4.79 Å². The quantitative estimate of drug-likeness (QED) is 0.521. The second kappa shape index (κ2) is 4.84. The van der Waals surface area contributed by atoms with E-state index >= 15 is 0 Å². The minimum atomic E-state index is 0.00243. The van der Waals surface area contributed by atoms with Gasteiger partial charge in [-0.2, -0.15) is 0 Å². The average Bonchev–Trinajstić information content (AvgIpc) is 3.17. The van der Waals surface area contributed by atoms with Crippen LogP contribution in [0.15, 0.2) is 66.0 Å². The first-order chi connectivity index (χ1) is 10.3. The van der Waals surface area contributed by atoms with Crippen LogP contribution in [0.3, 0.4) is 0 Å². The molecule has 4 rings (SSSR count). The summed E-state index contributed by atoms with van der Waals surface area (Å²) in [5, 5.41) is 4.91. The zero-order chi connectivity index (χ0) is 14.2. The monoisotopic (exact) mass is 342 g/mol. The predicted octanol–water partition coefficient (Wildman–Crippen LogP) is 1.63. The normalized spacial score (nSPS) is 11.0. The fraction of sp³-hybridized carbons (Fsp3) is 0. The van der Waals surface area contributed by atoms with E-state index in [1.807, 2.05) is 52.1 Å².